The van der Waals surface area contributed by atoms with Gasteiger partial charge in [0.15, 0.2) is 0 Å². The quantitative estimate of drug-likeness (QED) is 0.702. The van der Waals surface area contributed by atoms with Crippen LogP contribution in [0.3, 0.4) is 0 Å². The number of rotatable bonds is 5. The third kappa shape index (κ3) is 4.21. The normalized spacial score (nSPS) is 11.5. The molecule has 0 aliphatic rings. The van der Waals surface area contributed by atoms with Gasteiger partial charge in [-0.05, 0) is 18.6 Å². The van der Waals surface area contributed by atoms with Crippen molar-refractivity contribution in [2.45, 2.75) is 52.4 Å². The molecule has 0 aliphatic heterocycles. The molecule has 90 valence electrons. The first-order chi connectivity index (χ1) is 7.54. The lowest BCUT2D eigenvalue weighted by Crippen LogP contribution is -2.13. The Bertz CT molecular complexity index is 298. The van der Waals surface area contributed by atoms with E-state index in [2.05, 4.69) is 38.7 Å². The van der Waals surface area contributed by atoms with Gasteiger partial charge in [0.1, 0.15) is 5.75 Å². The van der Waals surface area contributed by atoms with E-state index in [1.54, 1.807) is 0 Å². The summed E-state index contributed by atoms with van der Waals surface area (Å²) in [5.41, 5.74) is 1.22. The molecule has 0 unspecified atom stereocenters. The van der Waals surface area contributed by atoms with E-state index < -0.39 is 0 Å². The van der Waals surface area contributed by atoms with Gasteiger partial charge in [0.05, 0.1) is 12.8 Å². The zero-order valence-corrected chi connectivity index (χ0v) is 10.9. The molecule has 0 saturated carbocycles. The molecule has 2 heteroatoms. The molecule has 0 fully saturated rings. The van der Waals surface area contributed by atoms with Gasteiger partial charge in [0.25, 0.3) is 0 Å². The van der Waals surface area contributed by atoms with Gasteiger partial charge in [-0.25, -0.2) is 0 Å². The highest BCUT2D eigenvalue weighted by Gasteiger charge is 2.14. The maximum atomic E-state index is 5.61. The van der Waals surface area contributed by atoms with E-state index in [1.165, 1.54) is 12.8 Å². The molecule has 2 nitrogen and oxygen atoms in total. The third-order valence-electron chi connectivity index (χ3n) is 2.52. The van der Waals surface area contributed by atoms with Crippen molar-refractivity contribution in [1.82, 2.24) is 4.98 Å². The average molecular weight is 221 g/mol. The first-order valence-corrected chi connectivity index (χ1v) is 6.13. The van der Waals surface area contributed by atoms with E-state index in [0.29, 0.717) is 0 Å². The fourth-order valence-corrected chi connectivity index (χ4v) is 1.45. The summed E-state index contributed by atoms with van der Waals surface area (Å²) in [6, 6.07) is 4.06. The number of pyridine rings is 1. The van der Waals surface area contributed by atoms with Crippen LogP contribution in [0.2, 0.25) is 0 Å². The summed E-state index contributed by atoms with van der Waals surface area (Å²) >= 11 is 0. The Balaban J connectivity index is 2.46. The summed E-state index contributed by atoms with van der Waals surface area (Å²) in [5.74, 6) is 0.879. The van der Waals surface area contributed by atoms with Gasteiger partial charge in [0.2, 0.25) is 0 Å². The van der Waals surface area contributed by atoms with Crippen molar-refractivity contribution >= 4 is 0 Å². The second kappa shape index (κ2) is 5.88. The molecular weight excluding hydrogens is 198 g/mol. The molecule has 1 heterocycles. The molecule has 0 spiro atoms. The van der Waals surface area contributed by atoms with Crippen molar-refractivity contribution in [2.24, 2.45) is 0 Å². The van der Waals surface area contributed by atoms with Crippen LogP contribution in [0.25, 0.3) is 0 Å². The monoisotopic (exact) mass is 221 g/mol. The lowest BCUT2D eigenvalue weighted by Gasteiger charge is -2.17. The highest BCUT2D eigenvalue weighted by Crippen LogP contribution is 2.21. The molecule has 0 bridgehead atoms. The molecular formula is C14H23NO. The number of nitrogens with zero attached hydrogens (tertiary/aromatic N) is 1. The Morgan fingerprint density at radius 1 is 1.19 bits per heavy atom. The second-order valence-corrected chi connectivity index (χ2v) is 5.18. The van der Waals surface area contributed by atoms with Crippen molar-refractivity contribution < 1.29 is 4.74 Å². The number of hydrogen-bond acceptors (Lipinski definition) is 2. The largest absolute Gasteiger partial charge is 0.492 e. The van der Waals surface area contributed by atoms with Gasteiger partial charge in [-0.3, -0.25) is 4.98 Å². The van der Waals surface area contributed by atoms with Gasteiger partial charge >= 0.3 is 0 Å². The summed E-state index contributed by atoms with van der Waals surface area (Å²) < 4.78 is 5.61. The van der Waals surface area contributed by atoms with Crippen LogP contribution in [0.4, 0.5) is 0 Å². The van der Waals surface area contributed by atoms with Crippen molar-refractivity contribution in [2.75, 3.05) is 6.61 Å². The first kappa shape index (κ1) is 13.0. The van der Waals surface area contributed by atoms with E-state index in [1.807, 2.05) is 12.3 Å². The van der Waals surface area contributed by atoms with Crippen LogP contribution in [-0.2, 0) is 5.41 Å². The molecule has 0 amide bonds. The number of ether oxygens (including phenoxy) is 1. The lowest BCUT2D eigenvalue weighted by atomic mass is 9.92. The first-order valence-electron chi connectivity index (χ1n) is 6.13. The van der Waals surface area contributed by atoms with E-state index >= 15 is 0 Å². The minimum Gasteiger partial charge on any atom is -0.492 e. The van der Waals surface area contributed by atoms with Crippen LogP contribution < -0.4 is 4.74 Å². The SMILES string of the molecule is CCCCCOc1ccc(C(C)(C)C)nc1. The van der Waals surface area contributed by atoms with Crippen LogP contribution in [0.1, 0.15) is 52.7 Å². The van der Waals surface area contributed by atoms with Gasteiger partial charge in [-0.15, -0.1) is 0 Å². The van der Waals surface area contributed by atoms with Gasteiger partial charge < -0.3 is 4.74 Å². The van der Waals surface area contributed by atoms with Crippen molar-refractivity contribution in [3.63, 3.8) is 0 Å². The van der Waals surface area contributed by atoms with E-state index in [9.17, 15) is 0 Å². The summed E-state index contributed by atoms with van der Waals surface area (Å²) in [6.45, 7) is 9.48. The molecule has 0 radical (unpaired) electrons. The predicted molar refractivity (Wildman–Crippen MR) is 68.0 cm³/mol. The molecule has 0 saturated heterocycles. The lowest BCUT2D eigenvalue weighted by molar-refractivity contribution is 0.304. The Hall–Kier alpha value is -1.05. The smallest absolute Gasteiger partial charge is 0.137 e. The van der Waals surface area contributed by atoms with E-state index in [0.717, 1.165) is 24.5 Å². The van der Waals surface area contributed by atoms with Gasteiger partial charge in [0, 0.05) is 11.1 Å². The molecule has 0 N–H and O–H groups in total. The molecule has 0 atom stereocenters. The summed E-state index contributed by atoms with van der Waals surface area (Å²) in [7, 11) is 0. The zero-order valence-electron chi connectivity index (χ0n) is 10.9. The Morgan fingerprint density at radius 2 is 1.94 bits per heavy atom. The van der Waals surface area contributed by atoms with Crippen LogP contribution in [0.15, 0.2) is 18.3 Å². The molecule has 16 heavy (non-hydrogen) atoms. The number of unbranched alkanes of at least 4 members (excludes halogenated alkanes) is 2. The zero-order chi connectivity index (χ0) is 12.0. The van der Waals surface area contributed by atoms with E-state index in [4.69, 9.17) is 4.74 Å². The summed E-state index contributed by atoms with van der Waals surface area (Å²) in [4.78, 5) is 4.42. The summed E-state index contributed by atoms with van der Waals surface area (Å²) in [5, 5.41) is 0. The number of hydrogen-bond donors (Lipinski definition) is 0. The van der Waals surface area contributed by atoms with Crippen molar-refractivity contribution in [3.05, 3.63) is 24.0 Å². The minimum atomic E-state index is 0.112. The van der Waals surface area contributed by atoms with E-state index in [-0.39, 0.29) is 5.41 Å². The van der Waals surface area contributed by atoms with Gasteiger partial charge in [-0.2, -0.15) is 0 Å². The van der Waals surface area contributed by atoms with Gasteiger partial charge in [-0.1, -0.05) is 40.5 Å². The Morgan fingerprint density at radius 3 is 2.44 bits per heavy atom. The third-order valence-corrected chi connectivity index (χ3v) is 2.52. The highest BCUT2D eigenvalue weighted by molar-refractivity contribution is 5.23. The maximum absolute atomic E-state index is 5.61. The summed E-state index contributed by atoms with van der Waals surface area (Å²) in [6.07, 6.45) is 5.40. The molecule has 1 rings (SSSR count). The Labute approximate surface area is 99.0 Å². The molecule has 0 aromatic carbocycles. The average Bonchev–Trinajstić information content (AvgIpc) is 2.24. The standard InChI is InChI=1S/C14H23NO/c1-5-6-7-10-16-12-8-9-13(15-11-12)14(2,3)4/h8-9,11H,5-7,10H2,1-4H3. The minimum absolute atomic E-state index is 0.112. The van der Waals surface area contributed by atoms with Crippen molar-refractivity contribution in [1.29, 1.82) is 0 Å². The fraction of sp³-hybridized carbons (Fsp3) is 0.643. The maximum Gasteiger partial charge on any atom is 0.137 e. The highest BCUT2D eigenvalue weighted by atomic mass is 16.5. The van der Waals surface area contributed by atoms with Crippen LogP contribution in [-0.4, -0.2) is 11.6 Å². The van der Waals surface area contributed by atoms with Crippen LogP contribution in [0.5, 0.6) is 5.75 Å². The molecule has 1 aromatic rings. The molecule has 0 aliphatic carbocycles. The van der Waals surface area contributed by atoms with Crippen LogP contribution in [0, 0.1) is 0 Å². The van der Waals surface area contributed by atoms with Crippen LogP contribution >= 0.6 is 0 Å². The predicted octanol–water partition coefficient (Wildman–Crippen LogP) is 3.95. The number of aromatic nitrogens is 1. The fourth-order valence-electron chi connectivity index (χ4n) is 1.45. The molecule has 1 aromatic heterocycles. The second-order valence-electron chi connectivity index (χ2n) is 5.18. The Kier molecular flexibility index (Phi) is 4.78. The van der Waals surface area contributed by atoms with Crippen molar-refractivity contribution in [3.8, 4) is 5.75 Å². The topological polar surface area (TPSA) is 22.1 Å².